The van der Waals surface area contributed by atoms with Crippen molar-refractivity contribution in [3.8, 4) is 0 Å². The average molecular weight is 378 g/mol. The molecule has 0 saturated carbocycles. The van der Waals surface area contributed by atoms with Gasteiger partial charge in [0.15, 0.2) is 0 Å². The number of hydrogen-bond acceptors (Lipinski definition) is 3. The summed E-state index contributed by atoms with van der Waals surface area (Å²) in [6.07, 6.45) is 2.78. The number of urea groups is 1. The Bertz CT molecular complexity index is 853. The van der Waals surface area contributed by atoms with Gasteiger partial charge in [0, 0.05) is 31.0 Å². The molecule has 2 heterocycles. The quantitative estimate of drug-likeness (QED) is 0.748. The maximum absolute atomic E-state index is 12.2. The summed E-state index contributed by atoms with van der Waals surface area (Å²) in [5, 5.41) is 8.58. The molecular formula is C22H26N4O2. The molecule has 2 aromatic rings. The molecule has 0 unspecified atom stereocenters. The number of anilines is 2. The molecule has 2 aliphatic rings. The topological polar surface area (TPSA) is 73.5 Å². The zero-order valence-corrected chi connectivity index (χ0v) is 15.9. The van der Waals surface area contributed by atoms with E-state index < -0.39 is 0 Å². The van der Waals surface area contributed by atoms with Crippen LogP contribution in [0.1, 0.15) is 29.9 Å². The number of benzene rings is 2. The largest absolute Gasteiger partial charge is 0.337 e. The Labute approximate surface area is 165 Å². The number of piperidine rings is 1. The fourth-order valence-electron chi connectivity index (χ4n) is 4.07. The Morgan fingerprint density at radius 1 is 1.18 bits per heavy atom. The molecule has 0 aromatic heterocycles. The highest BCUT2D eigenvalue weighted by Gasteiger charge is 2.21. The fraction of sp³-hybridized carbons (Fsp3) is 0.364. The van der Waals surface area contributed by atoms with Gasteiger partial charge < -0.3 is 20.9 Å². The van der Waals surface area contributed by atoms with Crippen LogP contribution < -0.4 is 16.0 Å². The summed E-state index contributed by atoms with van der Waals surface area (Å²) < 4.78 is 0. The predicted octanol–water partition coefficient (Wildman–Crippen LogP) is 3.18. The molecule has 28 heavy (non-hydrogen) atoms. The van der Waals surface area contributed by atoms with Crippen molar-refractivity contribution in [3.63, 3.8) is 0 Å². The second-order valence-electron chi connectivity index (χ2n) is 7.53. The summed E-state index contributed by atoms with van der Waals surface area (Å²) in [4.78, 5) is 26.0. The summed E-state index contributed by atoms with van der Waals surface area (Å²) >= 11 is 0. The highest BCUT2D eigenvalue weighted by molar-refractivity contribution is 6.00. The van der Waals surface area contributed by atoms with Gasteiger partial charge in [0.05, 0.1) is 6.42 Å². The fourth-order valence-corrected chi connectivity index (χ4v) is 4.07. The molecule has 4 rings (SSSR count). The van der Waals surface area contributed by atoms with Crippen LogP contribution >= 0.6 is 0 Å². The maximum atomic E-state index is 12.2. The number of hydrogen-bond donors (Lipinski definition) is 3. The average Bonchev–Trinajstić information content (AvgIpc) is 3.08. The molecule has 0 spiro atoms. The Hall–Kier alpha value is -2.86. The summed E-state index contributed by atoms with van der Waals surface area (Å²) in [6, 6.07) is 15.9. The van der Waals surface area contributed by atoms with Crippen LogP contribution in [0.2, 0.25) is 0 Å². The third-order valence-corrected chi connectivity index (χ3v) is 5.48. The lowest BCUT2D eigenvalue weighted by Gasteiger charge is -2.33. The monoisotopic (exact) mass is 378 g/mol. The van der Waals surface area contributed by atoms with Crippen LogP contribution in [0.15, 0.2) is 48.5 Å². The molecule has 1 saturated heterocycles. The number of carbonyl (C=O) groups is 2. The lowest BCUT2D eigenvalue weighted by atomic mass is 9.91. The predicted molar refractivity (Wildman–Crippen MR) is 111 cm³/mol. The Kier molecular flexibility index (Phi) is 5.58. The molecule has 0 aliphatic carbocycles. The van der Waals surface area contributed by atoms with E-state index in [0.29, 0.717) is 24.6 Å². The second-order valence-corrected chi connectivity index (χ2v) is 7.53. The molecule has 0 bridgehead atoms. The minimum atomic E-state index is -0.214. The minimum absolute atomic E-state index is 0.00746. The van der Waals surface area contributed by atoms with Gasteiger partial charge in [-0.25, -0.2) is 4.79 Å². The number of fused-ring (bicyclic) bond motifs is 1. The molecule has 1 fully saturated rings. The van der Waals surface area contributed by atoms with Crippen molar-refractivity contribution in [2.24, 2.45) is 0 Å². The molecular weight excluding hydrogens is 352 g/mol. The van der Waals surface area contributed by atoms with Crippen molar-refractivity contribution in [2.45, 2.75) is 25.2 Å². The van der Waals surface area contributed by atoms with Gasteiger partial charge >= 0.3 is 6.03 Å². The number of nitrogens with one attached hydrogen (secondary N) is 3. The molecule has 2 aliphatic heterocycles. The standard InChI is InChI=1S/C22H26N4O2/c27-21-14-18-13-19(8-9-20(18)25-21)24-22(28)23-10-12-26-11-4-7-17(15-26)16-5-2-1-3-6-16/h1-3,5-6,8-9,13,17H,4,7,10-12,14-15H2,(H,25,27)(H2,23,24,28)/t17-/m1/s1. The van der Waals surface area contributed by atoms with E-state index in [-0.39, 0.29) is 11.9 Å². The van der Waals surface area contributed by atoms with E-state index in [2.05, 4.69) is 51.2 Å². The van der Waals surface area contributed by atoms with Crippen LogP contribution in [-0.4, -0.2) is 43.0 Å². The van der Waals surface area contributed by atoms with Crippen molar-refractivity contribution >= 4 is 23.3 Å². The summed E-state index contributed by atoms with van der Waals surface area (Å²) in [5.74, 6) is 0.568. The molecule has 3 N–H and O–H groups in total. The van der Waals surface area contributed by atoms with Crippen LogP contribution in [0.4, 0.5) is 16.2 Å². The zero-order chi connectivity index (χ0) is 19.3. The first-order valence-corrected chi connectivity index (χ1v) is 9.92. The minimum Gasteiger partial charge on any atom is -0.337 e. The normalized spacial score (nSPS) is 19.0. The highest BCUT2D eigenvalue weighted by Crippen LogP contribution is 2.27. The van der Waals surface area contributed by atoms with Crippen LogP contribution in [-0.2, 0) is 11.2 Å². The number of carbonyl (C=O) groups excluding carboxylic acids is 2. The van der Waals surface area contributed by atoms with Crippen molar-refractivity contribution in [2.75, 3.05) is 36.8 Å². The van der Waals surface area contributed by atoms with Gasteiger partial charge in [-0.3, -0.25) is 4.79 Å². The maximum Gasteiger partial charge on any atom is 0.319 e. The van der Waals surface area contributed by atoms with Gasteiger partial charge in [-0.2, -0.15) is 0 Å². The highest BCUT2D eigenvalue weighted by atomic mass is 16.2. The number of amides is 3. The van der Waals surface area contributed by atoms with Gasteiger partial charge in [0.2, 0.25) is 5.91 Å². The van der Waals surface area contributed by atoms with Crippen molar-refractivity contribution in [1.82, 2.24) is 10.2 Å². The SMILES string of the molecule is O=C1Cc2cc(NC(=O)NCCN3CCC[C@@H](c4ccccc4)C3)ccc2N1. The summed E-state index contributed by atoms with van der Waals surface area (Å²) in [5.41, 5.74) is 3.86. The van der Waals surface area contributed by atoms with Gasteiger partial charge in [0.1, 0.15) is 0 Å². The van der Waals surface area contributed by atoms with Crippen molar-refractivity contribution in [1.29, 1.82) is 0 Å². The molecule has 0 radical (unpaired) electrons. The van der Waals surface area contributed by atoms with E-state index in [1.807, 2.05) is 12.1 Å². The summed E-state index contributed by atoms with van der Waals surface area (Å²) in [6.45, 7) is 3.58. The lowest BCUT2D eigenvalue weighted by molar-refractivity contribution is -0.115. The first-order chi connectivity index (χ1) is 13.7. The van der Waals surface area contributed by atoms with E-state index in [0.717, 1.165) is 30.9 Å². The van der Waals surface area contributed by atoms with Gasteiger partial charge in [-0.05, 0) is 54.6 Å². The Morgan fingerprint density at radius 3 is 2.89 bits per heavy atom. The molecule has 3 amide bonds. The number of likely N-dealkylation sites (tertiary alicyclic amines) is 1. The summed E-state index contributed by atoms with van der Waals surface area (Å²) in [7, 11) is 0. The van der Waals surface area contributed by atoms with E-state index in [1.165, 1.54) is 18.4 Å². The first-order valence-electron chi connectivity index (χ1n) is 9.92. The van der Waals surface area contributed by atoms with E-state index in [9.17, 15) is 9.59 Å². The van der Waals surface area contributed by atoms with Crippen molar-refractivity contribution < 1.29 is 9.59 Å². The number of rotatable bonds is 5. The zero-order valence-electron chi connectivity index (χ0n) is 15.9. The van der Waals surface area contributed by atoms with Crippen molar-refractivity contribution in [3.05, 3.63) is 59.7 Å². The molecule has 6 heteroatoms. The van der Waals surface area contributed by atoms with Gasteiger partial charge in [0.25, 0.3) is 0 Å². The molecule has 146 valence electrons. The van der Waals surface area contributed by atoms with E-state index in [1.54, 1.807) is 6.07 Å². The third-order valence-electron chi connectivity index (χ3n) is 5.48. The van der Waals surface area contributed by atoms with Crippen LogP contribution in [0.25, 0.3) is 0 Å². The first kappa shape index (κ1) is 18.5. The number of nitrogens with zero attached hydrogens (tertiary/aromatic N) is 1. The smallest absolute Gasteiger partial charge is 0.319 e. The second kappa shape index (κ2) is 8.44. The van der Waals surface area contributed by atoms with Crippen LogP contribution in [0, 0.1) is 0 Å². The molecule has 6 nitrogen and oxygen atoms in total. The van der Waals surface area contributed by atoms with Gasteiger partial charge in [-0.1, -0.05) is 30.3 Å². The third kappa shape index (κ3) is 4.51. The van der Waals surface area contributed by atoms with E-state index in [4.69, 9.17) is 0 Å². The Balaban J connectivity index is 1.22. The lowest BCUT2D eigenvalue weighted by Crippen LogP contribution is -2.41. The Morgan fingerprint density at radius 2 is 2.04 bits per heavy atom. The van der Waals surface area contributed by atoms with Crippen LogP contribution in [0.3, 0.4) is 0 Å². The van der Waals surface area contributed by atoms with Gasteiger partial charge in [-0.15, -0.1) is 0 Å². The molecule has 1 atom stereocenters. The van der Waals surface area contributed by atoms with E-state index >= 15 is 0 Å². The molecule has 2 aromatic carbocycles. The van der Waals surface area contributed by atoms with Crippen LogP contribution in [0.5, 0.6) is 0 Å².